The van der Waals surface area contributed by atoms with Gasteiger partial charge in [-0.2, -0.15) is 0 Å². The largest absolute Gasteiger partial charge is 0.444 e. The van der Waals surface area contributed by atoms with Crippen LogP contribution in [0.1, 0.15) is 51.1 Å². The van der Waals surface area contributed by atoms with Gasteiger partial charge in [0.15, 0.2) is 5.82 Å². The van der Waals surface area contributed by atoms with Gasteiger partial charge in [0.2, 0.25) is 0 Å². The summed E-state index contributed by atoms with van der Waals surface area (Å²) >= 11 is 1.56. The molecule has 0 atom stereocenters. The van der Waals surface area contributed by atoms with Crippen molar-refractivity contribution in [3.63, 3.8) is 0 Å². The van der Waals surface area contributed by atoms with Crippen molar-refractivity contribution in [2.24, 2.45) is 0 Å². The fraction of sp³-hybridized carbons (Fsp3) is 0.579. The number of aryl methyl sites for hydroxylation is 1. The fourth-order valence-electron chi connectivity index (χ4n) is 3.10. The molecule has 0 unspecified atom stereocenters. The smallest absolute Gasteiger partial charge is 0.410 e. The maximum Gasteiger partial charge on any atom is 0.410 e. The second kappa shape index (κ2) is 6.24. The minimum Gasteiger partial charge on any atom is -0.444 e. The zero-order valence-electron chi connectivity index (χ0n) is 15.5. The van der Waals surface area contributed by atoms with Crippen molar-refractivity contribution in [2.75, 3.05) is 13.1 Å². The van der Waals surface area contributed by atoms with Crippen LogP contribution in [0.15, 0.2) is 12.1 Å². The highest BCUT2D eigenvalue weighted by molar-refractivity contribution is 7.18. The summed E-state index contributed by atoms with van der Waals surface area (Å²) in [5, 5.41) is 0.954. The third-order valence-corrected chi connectivity index (χ3v) is 5.94. The average molecular weight is 364 g/mol. The Kier molecular flexibility index (Phi) is 4.52. The molecular weight excluding hydrogens is 339 g/mol. The van der Waals surface area contributed by atoms with E-state index in [0.717, 1.165) is 28.1 Å². The molecule has 1 fully saturated rings. The minimum absolute atomic E-state index is 0.136. The predicted octanol–water partition coefficient (Wildman–Crippen LogP) is 5.03. The van der Waals surface area contributed by atoms with E-state index in [9.17, 15) is 9.18 Å². The van der Waals surface area contributed by atoms with E-state index in [1.165, 1.54) is 6.07 Å². The number of amides is 1. The van der Waals surface area contributed by atoms with Gasteiger partial charge in [-0.25, -0.2) is 14.2 Å². The SMILES string of the molecule is Cc1cc(F)c2nc(C3(C)CCN(C(=O)OC(C)(C)C)CC3)sc2c1. The lowest BCUT2D eigenvalue weighted by Gasteiger charge is -2.38. The molecule has 1 aliphatic rings. The number of carbonyl (C=O) groups excluding carboxylic acids is 1. The number of aromatic nitrogens is 1. The third kappa shape index (κ3) is 3.78. The standard InChI is InChI=1S/C19H25FN2O2S/c1-12-10-13(20)15-14(11-12)25-16(21-15)19(5)6-8-22(9-7-19)17(23)24-18(2,3)4/h10-11H,6-9H2,1-5H3. The molecule has 25 heavy (non-hydrogen) atoms. The number of nitrogens with zero attached hydrogens (tertiary/aromatic N) is 2. The van der Waals surface area contributed by atoms with Crippen molar-refractivity contribution >= 4 is 27.6 Å². The summed E-state index contributed by atoms with van der Waals surface area (Å²) in [5.41, 5.74) is 0.745. The van der Waals surface area contributed by atoms with Crippen molar-refractivity contribution in [1.82, 2.24) is 9.88 Å². The van der Waals surface area contributed by atoms with Gasteiger partial charge in [-0.05, 0) is 58.2 Å². The first-order chi connectivity index (χ1) is 11.6. The van der Waals surface area contributed by atoms with E-state index >= 15 is 0 Å². The Morgan fingerprint density at radius 3 is 2.56 bits per heavy atom. The van der Waals surface area contributed by atoms with E-state index < -0.39 is 5.60 Å². The van der Waals surface area contributed by atoms with Crippen LogP contribution >= 0.6 is 11.3 Å². The van der Waals surface area contributed by atoms with Crippen LogP contribution in [0.25, 0.3) is 10.2 Å². The molecule has 1 aromatic heterocycles. The topological polar surface area (TPSA) is 42.4 Å². The summed E-state index contributed by atoms with van der Waals surface area (Å²) in [6.07, 6.45) is 1.33. The molecule has 0 N–H and O–H groups in total. The van der Waals surface area contributed by atoms with Crippen LogP contribution in [-0.4, -0.2) is 34.7 Å². The normalized spacial score (nSPS) is 17.8. The summed E-state index contributed by atoms with van der Waals surface area (Å²) in [7, 11) is 0. The lowest BCUT2D eigenvalue weighted by Crippen LogP contribution is -2.45. The minimum atomic E-state index is -0.486. The molecule has 1 saturated heterocycles. The second-order valence-electron chi connectivity index (χ2n) is 8.14. The molecule has 0 saturated carbocycles. The number of hydrogen-bond donors (Lipinski definition) is 0. The Morgan fingerprint density at radius 2 is 1.96 bits per heavy atom. The summed E-state index contributed by atoms with van der Waals surface area (Å²) in [4.78, 5) is 18.6. The summed E-state index contributed by atoms with van der Waals surface area (Å²) in [5.74, 6) is -0.257. The van der Waals surface area contributed by atoms with Crippen molar-refractivity contribution in [3.8, 4) is 0 Å². The molecule has 1 amide bonds. The van der Waals surface area contributed by atoms with E-state index in [4.69, 9.17) is 4.74 Å². The molecule has 0 spiro atoms. The van der Waals surface area contributed by atoms with Crippen molar-refractivity contribution in [1.29, 1.82) is 0 Å². The highest BCUT2D eigenvalue weighted by Gasteiger charge is 2.37. The molecular formula is C19H25FN2O2S. The maximum atomic E-state index is 14.2. The van der Waals surface area contributed by atoms with E-state index in [1.54, 1.807) is 16.2 Å². The number of thiazole rings is 1. The number of likely N-dealkylation sites (tertiary alicyclic amines) is 1. The van der Waals surface area contributed by atoms with E-state index in [-0.39, 0.29) is 17.3 Å². The lowest BCUT2D eigenvalue weighted by atomic mass is 9.81. The molecule has 136 valence electrons. The number of ether oxygens (including phenoxy) is 1. The highest BCUT2D eigenvalue weighted by Crippen LogP contribution is 2.40. The second-order valence-corrected chi connectivity index (χ2v) is 9.17. The highest BCUT2D eigenvalue weighted by atomic mass is 32.1. The van der Waals surface area contributed by atoms with Crippen LogP contribution in [0.5, 0.6) is 0 Å². The van der Waals surface area contributed by atoms with Gasteiger partial charge in [0.25, 0.3) is 0 Å². The van der Waals surface area contributed by atoms with E-state index in [0.29, 0.717) is 18.6 Å². The number of piperidine rings is 1. The Balaban J connectivity index is 1.76. The van der Waals surface area contributed by atoms with Gasteiger partial charge < -0.3 is 9.64 Å². The fourth-order valence-corrected chi connectivity index (χ4v) is 4.38. The summed E-state index contributed by atoms with van der Waals surface area (Å²) < 4.78 is 20.5. The number of halogens is 1. The van der Waals surface area contributed by atoms with Crippen LogP contribution in [0.4, 0.5) is 9.18 Å². The first-order valence-electron chi connectivity index (χ1n) is 8.62. The number of hydrogen-bond acceptors (Lipinski definition) is 4. The zero-order valence-corrected chi connectivity index (χ0v) is 16.3. The monoisotopic (exact) mass is 364 g/mol. The van der Waals surface area contributed by atoms with E-state index in [1.807, 2.05) is 33.8 Å². The van der Waals surface area contributed by atoms with Crippen LogP contribution in [0, 0.1) is 12.7 Å². The van der Waals surface area contributed by atoms with Crippen LogP contribution in [0.3, 0.4) is 0 Å². The number of rotatable bonds is 1. The molecule has 3 rings (SSSR count). The predicted molar refractivity (Wildman–Crippen MR) is 98.7 cm³/mol. The molecule has 2 heterocycles. The van der Waals surface area contributed by atoms with Gasteiger partial charge in [-0.15, -0.1) is 11.3 Å². The van der Waals surface area contributed by atoms with Gasteiger partial charge in [0, 0.05) is 18.5 Å². The van der Waals surface area contributed by atoms with Gasteiger partial charge in [-0.1, -0.05) is 6.92 Å². The number of carbonyl (C=O) groups is 1. The Bertz CT molecular complexity index is 802. The quantitative estimate of drug-likeness (QED) is 0.712. The number of fused-ring (bicyclic) bond motifs is 1. The lowest BCUT2D eigenvalue weighted by molar-refractivity contribution is 0.0172. The summed E-state index contributed by atoms with van der Waals surface area (Å²) in [6, 6.07) is 3.51. The first-order valence-corrected chi connectivity index (χ1v) is 9.44. The Hall–Kier alpha value is -1.69. The molecule has 0 aliphatic carbocycles. The molecule has 2 aromatic rings. The number of benzene rings is 1. The molecule has 0 radical (unpaired) electrons. The van der Waals surface area contributed by atoms with Gasteiger partial charge in [0.05, 0.1) is 9.71 Å². The third-order valence-electron chi connectivity index (χ3n) is 4.63. The van der Waals surface area contributed by atoms with Crippen LogP contribution < -0.4 is 0 Å². The molecule has 1 aliphatic heterocycles. The molecule has 6 heteroatoms. The molecule has 4 nitrogen and oxygen atoms in total. The Labute approximate surface area is 152 Å². The average Bonchev–Trinajstić information content (AvgIpc) is 2.91. The van der Waals surface area contributed by atoms with Gasteiger partial charge in [-0.3, -0.25) is 0 Å². The van der Waals surface area contributed by atoms with Crippen LogP contribution in [0.2, 0.25) is 0 Å². The van der Waals surface area contributed by atoms with Crippen LogP contribution in [-0.2, 0) is 10.2 Å². The summed E-state index contributed by atoms with van der Waals surface area (Å²) in [6.45, 7) is 10.9. The van der Waals surface area contributed by atoms with E-state index in [2.05, 4.69) is 11.9 Å². The van der Waals surface area contributed by atoms with Gasteiger partial charge >= 0.3 is 6.09 Å². The van der Waals surface area contributed by atoms with Crippen molar-refractivity contribution in [2.45, 2.75) is 58.5 Å². The first kappa shape index (κ1) is 18.1. The Morgan fingerprint density at radius 1 is 1.32 bits per heavy atom. The van der Waals surface area contributed by atoms with Crippen molar-refractivity contribution in [3.05, 3.63) is 28.5 Å². The molecule has 1 aromatic carbocycles. The van der Waals surface area contributed by atoms with Gasteiger partial charge in [0.1, 0.15) is 11.1 Å². The van der Waals surface area contributed by atoms with Crippen molar-refractivity contribution < 1.29 is 13.9 Å². The molecule has 0 bridgehead atoms. The zero-order chi connectivity index (χ0) is 18.4. The maximum absolute atomic E-state index is 14.2.